The summed E-state index contributed by atoms with van der Waals surface area (Å²) in [6.45, 7) is 7.73. The summed E-state index contributed by atoms with van der Waals surface area (Å²) < 4.78 is 11.0. The quantitative estimate of drug-likeness (QED) is 0.319. The number of nitrogens with one attached hydrogen (secondary N) is 1. The van der Waals surface area contributed by atoms with Gasteiger partial charge in [0, 0.05) is 54.6 Å². The average Bonchev–Trinajstić information content (AvgIpc) is 3.43. The van der Waals surface area contributed by atoms with Crippen LogP contribution in [0.4, 0.5) is 0 Å². The molecule has 1 amide bonds. The fourth-order valence-electron chi connectivity index (χ4n) is 5.87. The molecule has 41 heavy (non-hydrogen) atoms. The van der Waals surface area contributed by atoms with Crippen LogP contribution >= 0.6 is 0 Å². The Bertz CT molecular complexity index is 1510. The number of H-pyrrole nitrogens is 1. The molecule has 2 aromatic carbocycles. The number of ether oxygens (including phenoxy) is 2. The number of carbonyl (C=O) groups is 1. The number of hydrogen-bond acceptors (Lipinski definition) is 6. The molecule has 0 unspecified atom stereocenters. The third-order valence-corrected chi connectivity index (χ3v) is 8.28. The maximum absolute atomic E-state index is 12.9. The molecule has 2 fully saturated rings. The van der Waals surface area contributed by atoms with E-state index in [2.05, 4.69) is 39.4 Å². The Labute approximate surface area is 240 Å². The Kier molecular flexibility index (Phi) is 7.88. The van der Waals surface area contributed by atoms with Crippen LogP contribution in [-0.2, 0) is 15.9 Å². The number of hydrogen-bond donors (Lipinski definition) is 2. The van der Waals surface area contributed by atoms with Crippen molar-refractivity contribution in [3.63, 3.8) is 0 Å². The van der Waals surface area contributed by atoms with Crippen LogP contribution in [-0.4, -0.2) is 76.2 Å². The zero-order valence-corrected chi connectivity index (χ0v) is 23.9. The number of rotatable bonds is 7. The smallest absolute Gasteiger partial charge is 0.254 e. The molecule has 2 aromatic heterocycles. The van der Waals surface area contributed by atoms with Crippen molar-refractivity contribution in [1.29, 1.82) is 0 Å². The molecule has 0 spiro atoms. The number of morpholine rings is 1. The first kappa shape index (κ1) is 27.6. The summed E-state index contributed by atoms with van der Waals surface area (Å²) in [5, 5.41) is 20.5. The minimum Gasteiger partial charge on any atom is -0.390 e. The highest BCUT2D eigenvalue weighted by Crippen LogP contribution is 2.35. The molecule has 0 bridgehead atoms. The van der Waals surface area contributed by atoms with Crippen LogP contribution in [0.3, 0.4) is 0 Å². The van der Waals surface area contributed by atoms with E-state index in [1.54, 1.807) is 0 Å². The van der Waals surface area contributed by atoms with Gasteiger partial charge in [-0.3, -0.25) is 4.79 Å². The molecule has 2 saturated heterocycles. The van der Waals surface area contributed by atoms with E-state index in [0.717, 1.165) is 65.9 Å². The number of amides is 1. The fourth-order valence-corrected chi connectivity index (χ4v) is 5.87. The lowest BCUT2D eigenvalue weighted by Gasteiger charge is -2.26. The van der Waals surface area contributed by atoms with E-state index in [1.807, 2.05) is 49.2 Å². The Morgan fingerprint density at radius 1 is 0.976 bits per heavy atom. The maximum Gasteiger partial charge on any atom is 0.254 e. The molecule has 2 aliphatic rings. The van der Waals surface area contributed by atoms with Crippen LogP contribution in [0, 0.1) is 0 Å². The van der Waals surface area contributed by atoms with E-state index in [4.69, 9.17) is 9.47 Å². The lowest BCUT2D eigenvalue weighted by molar-refractivity contribution is 0.0303. The van der Waals surface area contributed by atoms with E-state index in [-0.39, 0.29) is 5.91 Å². The second-order valence-electron chi connectivity index (χ2n) is 11.8. The zero-order valence-electron chi connectivity index (χ0n) is 23.9. The standard InChI is InChI=1S/C33H38N4O4/c1-33(2,39)12-9-25-19-26(7-8-27(25)23-10-15-40-16-11-23)30-20-28-29(21-34-31(28)36-35-30)22-3-5-24(6-4-22)32(38)37-13-17-41-18-14-37/h3-8,19-21,23,39H,9-18H2,1-2H3,(H,34,36). The Morgan fingerprint density at radius 3 is 2.41 bits per heavy atom. The van der Waals surface area contributed by atoms with Crippen LogP contribution in [0.15, 0.2) is 54.7 Å². The highest BCUT2D eigenvalue weighted by molar-refractivity contribution is 5.97. The highest BCUT2D eigenvalue weighted by Gasteiger charge is 2.22. The first-order valence-corrected chi connectivity index (χ1v) is 14.6. The molecule has 8 heteroatoms. The van der Waals surface area contributed by atoms with E-state index < -0.39 is 5.60 Å². The van der Waals surface area contributed by atoms with Gasteiger partial charge in [-0.25, -0.2) is 0 Å². The van der Waals surface area contributed by atoms with Crippen LogP contribution in [0.1, 0.15) is 60.5 Å². The van der Waals surface area contributed by atoms with Crippen molar-refractivity contribution < 1.29 is 19.4 Å². The number of carbonyl (C=O) groups excluding carboxylic acids is 1. The van der Waals surface area contributed by atoms with Gasteiger partial charge in [0.05, 0.1) is 24.5 Å². The molecule has 0 aliphatic carbocycles. The molecule has 8 nitrogen and oxygen atoms in total. The van der Waals surface area contributed by atoms with Gasteiger partial charge < -0.3 is 24.5 Å². The topological polar surface area (TPSA) is 101 Å². The molecule has 0 atom stereocenters. The van der Waals surface area contributed by atoms with Crippen LogP contribution < -0.4 is 0 Å². The van der Waals surface area contributed by atoms with E-state index in [9.17, 15) is 9.90 Å². The van der Waals surface area contributed by atoms with Gasteiger partial charge in [0.1, 0.15) is 0 Å². The van der Waals surface area contributed by atoms with Crippen LogP contribution in [0.25, 0.3) is 33.4 Å². The molecule has 0 radical (unpaired) electrons. The summed E-state index contributed by atoms with van der Waals surface area (Å²) in [5.74, 6) is 0.508. The molecule has 2 N–H and O–H groups in total. The predicted molar refractivity (Wildman–Crippen MR) is 159 cm³/mol. The number of aryl methyl sites for hydroxylation is 1. The van der Waals surface area contributed by atoms with Gasteiger partial charge in [0.2, 0.25) is 0 Å². The minimum absolute atomic E-state index is 0.0384. The lowest BCUT2D eigenvalue weighted by atomic mass is 9.84. The minimum atomic E-state index is -0.732. The SMILES string of the molecule is CC(C)(O)CCc1cc(-c2cc3c(-c4ccc(C(=O)N5CCOCC5)cc4)c[nH]c3nn2)ccc1C1CCOCC1. The van der Waals surface area contributed by atoms with Gasteiger partial charge >= 0.3 is 0 Å². The van der Waals surface area contributed by atoms with Gasteiger partial charge in [-0.2, -0.15) is 0 Å². The van der Waals surface area contributed by atoms with Crippen molar-refractivity contribution in [2.24, 2.45) is 0 Å². The van der Waals surface area contributed by atoms with Crippen molar-refractivity contribution >= 4 is 16.9 Å². The molecule has 4 heterocycles. The Balaban J connectivity index is 1.30. The number of aromatic amines is 1. The second kappa shape index (κ2) is 11.7. The summed E-state index contributed by atoms with van der Waals surface area (Å²) in [6, 6.07) is 16.5. The third kappa shape index (κ3) is 6.20. The molecular formula is C33H38N4O4. The number of aromatic nitrogens is 3. The lowest BCUT2D eigenvalue weighted by Crippen LogP contribution is -2.40. The third-order valence-electron chi connectivity index (χ3n) is 8.28. The molecule has 4 aromatic rings. The monoisotopic (exact) mass is 554 g/mol. The molecule has 6 rings (SSSR count). The first-order valence-electron chi connectivity index (χ1n) is 14.6. The highest BCUT2D eigenvalue weighted by atomic mass is 16.5. The van der Waals surface area contributed by atoms with Crippen molar-refractivity contribution in [3.05, 3.63) is 71.4 Å². The Hall–Kier alpha value is -3.59. The van der Waals surface area contributed by atoms with E-state index >= 15 is 0 Å². The van der Waals surface area contributed by atoms with Gasteiger partial charge in [-0.05, 0) is 86.4 Å². The number of nitrogens with zero attached hydrogens (tertiary/aromatic N) is 3. The van der Waals surface area contributed by atoms with E-state index in [0.29, 0.717) is 44.2 Å². The first-order chi connectivity index (χ1) is 19.9. The summed E-state index contributed by atoms with van der Waals surface area (Å²) in [5.41, 5.74) is 7.12. The molecule has 0 saturated carbocycles. The van der Waals surface area contributed by atoms with Gasteiger partial charge in [0.15, 0.2) is 5.65 Å². The summed E-state index contributed by atoms with van der Waals surface area (Å²) >= 11 is 0. The van der Waals surface area contributed by atoms with Gasteiger partial charge in [-0.15, -0.1) is 10.2 Å². The average molecular weight is 555 g/mol. The van der Waals surface area contributed by atoms with Crippen molar-refractivity contribution in [3.8, 4) is 22.4 Å². The summed E-state index contributed by atoms with van der Waals surface area (Å²) in [7, 11) is 0. The van der Waals surface area contributed by atoms with Gasteiger partial charge in [0.25, 0.3) is 5.91 Å². The maximum atomic E-state index is 12.9. The summed E-state index contributed by atoms with van der Waals surface area (Å²) in [4.78, 5) is 18.0. The normalized spacial score (nSPS) is 16.8. The van der Waals surface area contributed by atoms with Crippen molar-refractivity contribution in [2.45, 2.75) is 51.0 Å². The number of benzene rings is 2. The fraction of sp³-hybridized carbons (Fsp3) is 0.424. The van der Waals surface area contributed by atoms with E-state index in [1.165, 1.54) is 11.1 Å². The largest absolute Gasteiger partial charge is 0.390 e. The van der Waals surface area contributed by atoms with Crippen molar-refractivity contribution in [2.75, 3.05) is 39.5 Å². The second-order valence-corrected chi connectivity index (χ2v) is 11.8. The van der Waals surface area contributed by atoms with Gasteiger partial charge in [-0.1, -0.05) is 24.3 Å². The molecule has 2 aliphatic heterocycles. The van der Waals surface area contributed by atoms with Crippen LogP contribution in [0.2, 0.25) is 0 Å². The predicted octanol–water partition coefficient (Wildman–Crippen LogP) is 5.36. The van der Waals surface area contributed by atoms with Crippen molar-refractivity contribution in [1.82, 2.24) is 20.1 Å². The van der Waals surface area contributed by atoms with Crippen LogP contribution in [0.5, 0.6) is 0 Å². The molecular weight excluding hydrogens is 516 g/mol. The summed E-state index contributed by atoms with van der Waals surface area (Å²) in [6.07, 6.45) is 5.47. The zero-order chi connectivity index (χ0) is 28.4. The Morgan fingerprint density at radius 2 is 1.68 bits per heavy atom. The molecule has 214 valence electrons. The number of aliphatic hydroxyl groups is 1. The number of fused-ring (bicyclic) bond motifs is 1.